The van der Waals surface area contributed by atoms with Crippen molar-refractivity contribution in [1.82, 2.24) is 14.9 Å². The molecule has 0 saturated heterocycles. The number of nitrogens with one attached hydrogen (secondary N) is 3. The number of rotatable bonds is 3. The SMILES string of the molecule is O=C(N[C@]1(C(F)(F)F)C(=O)Nc2c1c(=O)[nH]c(=O)n2-c1ccc(F)cc1)c1ccc(F)cc1. The Labute approximate surface area is 179 Å². The van der Waals surface area contributed by atoms with Crippen LogP contribution in [0.4, 0.5) is 27.8 Å². The number of H-pyrrole nitrogens is 1. The normalized spacial score (nSPS) is 17.4. The number of amides is 2. The quantitative estimate of drug-likeness (QED) is 0.512. The van der Waals surface area contributed by atoms with Crippen LogP contribution in [-0.2, 0) is 10.3 Å². The van der Waals surface area contributed by atoms with E-state index < -0.39 is 63.4 Å². The third-order valence-corrected chi connectivity index (χ3v) is 4.98. The third-order valence-electron chi connectivity index (χ3n) is 4.98. The van der Waals surface area contributed by atoms with Crippen LogP contribution in [0.15, 0.2) is 58.1 Å². The van der Waals surface area contributed by atoms with Crippen LogP contribution in [0.5, 0.6) is 0 Å². The van der Waals surface area contributed by atoms with Gasteiger partial charge >= 0.3 is 11.9 Å². The molecule has 1 atom stereocenters. The van der Waals surface area contributed by atoms with Gasteiger partial charge in [-0.2, -0.15) is 13.2 Å². The van der Waals surface area contributed by atoms with Gasteiger partial charge in [-0.15, -0.1) is 0 Å². The second-order valence-electron chi connectivity index (χ2n) is 6.96. The van der Waals surface area contributed by atoms with E-state index in [4.69, 9.17) is 0 Å². The number of fused-ring (bicyclic) bond motifs is 1. The minimum Gasteiger partial charge on any atom is -0.326 e. The largest absolute Gasteiger partial charge is 0.425 e. The van der Waals surface area contributed by atoms with Crippen molar-refractivity contribution in [3.63, 3.8) is 0 Å². The number of nitrogens with zero attached hydrogens (tertiary/aromatic N) is 1. The second kappa shape index (κ2) is 7.39. The summed E-state index contributed by atoms with van der Waals surface area (Å²) >= 11 is 0. The van der Waals surface area contributed by atoms with Crippen LogP contribution in [0.2, 0.25) is 0 Å². The zero-order valence-corrected chi connectivity index (χ0v) is 16.1. The zero-order chi connectivity index (χ0) is 24.1. The van der Waals surface area contributed by atoms with Gasteiger partial charge < -0.3 is 10.6 Å². The molecule has 33 heavy (non-hydrogen) atoms. The smallest absolute Gasteiger partial charge is 0.326 e. The first-order chi connectivity index (χ1) is 15.5. The molecule has 1 aliphatic heterocycles. The number of hydrogen-bond donors (Lipinski definition) is 3. The van der Waals surface area contributed by atoms with E-state index in [0.29, 0.717) is 4.57 Å². The van der Waals surface area contributed by atoms with Gasteiger partial charge in [0, 0.05) is 5.56 Å². The highest BCUT2D eigenvalue weighted by atomic mass is 19.4. The fourth-order valence-corrected chi connectivity index (χ4v) is 3.46. The Morgan fingerprint density at radius 2 is 1.45 bits per heavy atom. The topological polar surface area (TPSA) is 113 Å². The van der Waals surface area contributed by atoms with E-state index in [-0.39, 0.29) is 5.69 Å². The summed E-state index contributed by atoms with van der Waals surface area (Å²) in [5.41, 5.74) is -8.56. The summed E-state index contributed by atoms with van der Waals surface area (Å²) in [5.74, 6) is -5.62. The molecule has 0 unspecified atom stereocenters. The first kappa shape index (κ1) is 21.9. The first-order valence-corrected chi connectivity index (χ1v) is 9.07. The van der Waals surface area contributed by atoms with Gasteiger partial charge in [-0.05, 0) is 48.5 Å². The van der Waals surface area contributed by atoms with Crippen LogP contribution in [0.1, 0.15) is 15.9 Å². The Morgan fingerprint density at radius 3 is 2.00 bits per heavy atom. The molecule has 0 aliphatic carbocycles. The van der Waals surface area contributed by atoms with Gasteiger partial charge in [-0.1, -0.05) is 0 Å². The number of aromatic amines is 1. The van der Waals surface area contributed by atoms with Gasteiger partial charge in [-0.25, -0.2) is 18.1 Å². The molecule has 13 heteroatoms. The molecule has 0 fully saturated rings. The van der Waals surface area contributed by atoms with Gasteiger partial charge in [0.15, 0.2) is 0 Å². The Balaban J connectivity index is 1.96. The minimum absolute atomic E-state index is 0.169. The molecule has 0 bridgehead atoms. The number of carbonyl (C=O) groups excluding carboxylic acids is 2. The number of hydrogen-bond acceptors (Lipinski definition) is 4. The Morgan fingerprint density at radius 1 is 0.909 bits per heavy atom. The van der Waals surface area contributed by atoms with E-state index in [9.17, 15) is 41.1 Å². The molecule has 4 rings (SSSR count). The van der Waals surface area contributed by atoms with Gasteiger partial charge in [0.2, 0.25) is 0 Å². The van der Waals surface area contributed by atoms with Crippen LogP contribution in [-0.4, -0.2) is 27.5 Å². The molecule has 8 nitrogen and oxygen atoms in total. The lowest BCUT2D eigenvalue weighted by atomic mass is 9.91. The number of benzene rings is 2. The van der Waals surface area contributed by atoms with Gasteiger partial charge in [0.25, 0.3) is 22.9 Å². The standard InChI is InChI=1S/C20H11F5N4O4/c21-10-3-1-9(2-4-10)15(30)28-19(20(23,24)25)13-14(26-17(19)32)29(18(33)27-16(13)31)12-7-5-11(22)6-8-12/h1-8H,(H,26,32)(H,28,30)(H,27,31,33)/t19-/m0/s1. The molecule has 0 saturated carbocycles. The maximum Gasteiger partial charge on any atom is 0.425 e. The molecule has 3 aromatic rings. The van der Waals surface area contributed by atoms with Crippen molar-refractivity contribution in [2.45, 2.75) is 11.7 Å². The van der Waals surface area contributed by atoms with Crippen molar-refractivity contribution >= 4 is 17.6 Å². The van der Waals surface area contributed by atoms with Crippen molar-refractivity contribution in [2.75, 3.05) is 5.32 Å². The van der Waals surface area contributed by atoms with Crippen molar-refractivity contribution < 1.29 is 31.5 Å². The predicted molar refractivity (Wildman–Crippen MR) is 103 cm³/mol. The van der Waals surface area contributed by atoms with Crippen molar-refractivity contribution in [1.29, 1.82) is 0 Å². The molecule has 2 amide bonds. The molecule has 0 spiro atoms. The van der Waals surface area contributed by atoms with Crippen LogP contribution in [0.3, 0.4) is 0 Å². The van der Waals surface area contributed by atoms with Crippen molar-refractivity contribution in [3.05, 3.63) is 92.1 Å². The van der Waals surface area contributed by atoms with Crippen LogP contribution >= 0.6 is 0 Å². The molecular weight excluding hydrogens is 455 g/mol. The number of carbonyl (C=O) groups is 2. The third kappa shape index (κ3) is 3.37. The fourth-order valence-electron chi connectivity index (χ4n) is 3.46. The molecular formula is C20H11F5N4O4. The van der Waals surface area contributed by atoms with Crippen LogP contribution in [0, 0.1) is 11.6 Å². The molecule has 1 aromatic heterocycles. The molecule has 2 heterocycles. The zero-order valence-electron chi connectivity index (χ0n) is 16.1. The molecule has 3 N–H and O–H groups in total. The van der Waals surface area contributed by atoms with E-state index in [0.717, 1.165) is 48.5 Å². The number of aromatic nitrogens is 2. The lowest BCUT2D eigenvalue weighted by Crippen LogP contribution is -2.62. The maximum atomic E-state index is 14.3. The van der Waals surface area contributed by atoms with Crippen LogP contribution < -0.4 is 21.9 Å². The summed E-state index contributed by atoms with van der Waals surface area (Å²) in [6, 6.07) is 7.27. The minimum atomic E-state index is -5.55. The van der Waals surface area contributed by atoms with Crippen molar-refractivity contribution in [3.8, 4) is 5.69 Å². The Hall–Kier alpha value is -4.29. The van der Waals surface area contributed by atoms with Gasteiger partial charge in [-0.3, -0.25) is 19.4 Å². The molecule has 2 aromatic carbocycles. The van der Waals surface area contributed by atoms with E-state index in [1.807, 2.05) is 5.32 Å². The van der Waals surface area contributed by atoms with E-state index in [1.165, 1.54) is 5.32 Å². The highest BCUT2D eigenvalue weighted by Gasteiger charge is 2.68. The molecule has 0 radical (unpaired) electrons. The lowest BCUT2D eigenvalue weighted by molar-refractivity contribution is -0.196. The summed E-state index contributed by atoms with van der Waals surface area (Å²) < 4.78 is 69.9. The Kier molecular flexibility index (Phi) is 4.91. The average molecular weight is 466 g/mol. The average Bonchev–Trinajstić information content (AvgIpc) is 3.03. The molecule has 170 valence electrons. The summed E-state index contributed by atoms with van der Waals surface area (Å²) in [5, 5.41) is 3.37. The monoisotopic (exact) mass is 466 g/mol. The lowest BCUT2D eigenvalue weighted by Gasteiger charge is -2.30. The number of alkyl halides is 3. The predicted octanol–water partition coefficient (Wildman–Crippen LogP) is 1.94. The second-order valence-corrected chi connectivity index (χ2v) is 6.96. The summed E-state index contributed by atoms with van der Waals surface area (Å²) in [4.78, 5) is 51.8. The molecule has 1 aliphatic rings. The van der Waals surface area contributed by atoms with Gasteiger partial charge in [0.05, 0.1) is 5.69 Å². The van der Waals surface area contributed by atoms with E-state index in [1.54, 1.807) is 4.98 Å². The maximum absolute atomic E-state index is 14.3. The number of anilines is 1. The summed E-state index contributed by atoms with van der Waals surface area (Å²) in [7, 11) is 0. The summed E-state index contributed by atoms with van der Waals surface area (Å²) in [6.07, 6.45) is -5.55. The van der Waals surface area contributed by atoms with Crippen LogP contribution in [0.25, 0.3) is 5.69 Å². The Bertz CT molecular complexity index is 1390. The van der Waals surface area contributed by atoms with E-state index in [2.05, 4.69) is 0 Å². The highest BCUT2D eigenvalue weighted by Crippen LogP contribution is 2.45. The highest BCUT2D eigenvalue weighted by molar-refractivity contribution is 6.09. The fraction of sp³-hybridized carbons (Fsp3) is 0.100. The van der Waals surface area contributed by atoms with Crippen molar-refractivity contribution in [2.24, 2.45) is 0 Å². The number of halogens is 5. The first-order valence-electron chi connectivity index (χ1n) is 9.07. The summed E-state index contributed by atoms with van der Waals surface area (Å²) in [6.45, 7) is 0. The van der Waals surface area contributed by atoms with E-state index >= 15 is 0 Å². The van der Waals surface area contributed by atoms with Gasteiger partial charge in [0.1, 0.15) is 23.0 Å².